The van der Waals surface area contributed by atoms with Crippen molar-refractivity contribution in [3.8, 4) is 0 Å². The summed E-state index contributed by atoms with van der Waals surface area (Å²) in [6.07, 6.45) is 0. The molecule has 1 atom stereocenters. The van der Waals surface area contributed by atoms with Gasteiger partial charge in [0.05, 0.1) is 0 Å². The van der Waals surface area contributed by atoms with E-state index in [4.69, 9.17) is 0 Å². The van der Waals surface area contributed by atoms with E-state index < -0.39 is 24.7 Å². The second kappa shape index (κ2) is 5.69. The highest BCUT2D eigenvalue weighted by Crippen LogP contribution is 2.20. The van der Waals surface area contributed by atoms with E-state index in [1.165, 1.54) is 6.54 Å². The van der Waals surface area contributed by atoms with Crippen molar-refractivity contribution in [2.45, 2.75) is 71.9 Å². The molecule has 0 amide bonds. The lowest BCUT2D eigenvalue weighted by atomic mass is 10.4. The molecule has 0 aromatic carbocycles. The summed E-state index contributed by atoms with van der Waals surface area (Å²) < 4.78 is 2.87. The topological polar surface area (TPSA) is 15.3 Å². The molecule has 0 aliphatic rings. The van der Waals surface area contributed by atoms with E-state index in [2.05, 4.69) is 75.1 Å². The van der Waals surface area contributed by atoms with Crippen molar-refractivity contribution in [2.75, 3.05) is 6.54 Å². The lowest BCUT2D eigenvalue weighted by molar-refractivity contribution is 0.515. The van der Waals surface area contributed by atoms with Crippen molar-refractivity contribution >= 4 is 24.7 Å². The summed E-state index contributed by atoms with van der Waals surface area (Å²) in [5.41, 5.74) is 0. The molecule has 2 nitrogen and oxygen atoms in total. The lowest BCUT2D eigenvalue weighted by Crippen LogP contribution is -2.63. The summed E-state index contributed by atoms with van der Waals surface area (Å²) >= 11 is 0. The third kappa shape index (κ3) is 7.56. The summed E-state index contributed by atoms with van der Waals surface area (Å²) in [7, 11) is -3.53. The van der Waals surface area contributed by atoms with Gasteiger partial charge in [0.1, 0.15) is 24.7 Å². The maximum absolute atomic E-state index is 3.84. The van der Waals surface area contributed by atoms with Gasteiger partial charge in [-0.15, -0.1) is 0 Å². The highest BCUT2D eigenvalue weighted by molar-refractivity contribution is 6.89. The first-order valence-electron chi connectivity index (χ1n) is 6.79. The van der Waals surface area contributed by atoms with E-state index in [0.29, 0.717) is 6.04 Å². The van der Waals surface area contributed by atoms with Crippen molar-refractivity contribution < 1.29 is 0 Å². The Hall–Kier alpha value is 0.571. The Kier molecular flexibility index (Phi) is 5.88. The average molecular weight is 291 g/mol. The van der Waals surface area contributed by atoms with E-state index in [0.717, 1.165) is 0 Å². The molecule has 0 bridgehead atoms. The number of nitrogens with zero attached hydrogens (tertiary/aromatic N) is 1. The minimum atomic E-state index is -1.19. The van der Waals surface area contributed by atoms with E-state index in [-0.39, 0.29) is 0 Å². The molecule has 0 saturated carbocycles. The fourth-order valence-electron chi connectivity index (χ4n) is 2.61. The quantitative estimate of drug-likeness (QED) is 0.749. The molecular formula is C12H34N2Si3. The molecule has 0 heterocycles. The molecule has 17 heavy (non-hydrogen) atoms. The molecule has 5 heteroatoms. The monoisotopic (exact) mass is 290 g/mol. The van der Waals surface area contributed by atoms with Crippen LogP contribution in [-0.4, -0.2) is 41.5 Å². The van der Waals surface area contributed by atoms with Gasteiger partial charge in [0.15, 0.2) is 0 Å². The molecular weight excluding hydrogens is 256 g/mol. The highest BCUT2D eigenvalue weighted by Gasteiger charge is 2.35. The first-order chi connectivity index (χ1) is 7.23. The van der Waals surface area contributed by atoms with Gasteiger partial charge in [-0.1, -0.05) is 58.9 Å². The van der Waals surface area contributed by atoms with Crippen LogP contribution in [0.4, 0.5) is 0 Å². The van der Waals surface area contributed by atoms with Crippen LogP contribution in [0.2, 0.25) is 58.9 Å². The van der Waals surface area contributed by atoms with Gasteiger partial charge in [-0.3, -0.25) is 0 Å². The summed E-state index contributed by atoms with van der Waals surface area (Å²) in [6, 6.07) is 0.625. The highest BCUT2D eigenvalue weighted by atomic mass is 28.4. The van der Waals surface area contributed by atoms with Gasteiger partial charge in [0.2, 0.25) is 0 Å². The van der Waals surface area contributed by atoms with E-state index in [9.17, 15) is 0 Å². The summed E-state index contributed by atoms with van der Waals surface area (Å²) in [5.74, 6) is 0. The SMILES string of the molecule is CC(CN([Si](C)(C)C)[Si](C)(C)C)N[Si](C)(C)C. The number of hydrogen-bond donors (Lipinski definition) is 1. The normalized spacial score (nSPS) is 16.4. The van der Waals surface area contributed by atoms with Crippen molar-refractivity contribution in [2.24, 2.45) is 0 Å². The Morgan fingerprint density at radius 2 is 1.18 bits per heavy atom. The molecule has 0 aromatic heterocycles. The number of hydrogen-bond acceptors (Lipinski definition) is 2. The predicted molar refractivity (Wildman–Crippen MR) is 89.3 cm³/mol. The first-order valence-corrected chi connectivity index (χ1v) is 17.2. The first kappa shape index (κ1) is 17.6. The van der Waals surface area contributed by atoms with Crippen LogP contribution in [-0.2, 0) is 0 Å². The van der Waals surface area contributed by atoms with Gasteiger partial charge in [-0.05, 0) is 13.5 Å². The van der Waals surface area contributed by atoms with E-state index in [1.54, 1.807) is 0 Å². The van der Waals surface area contributed by atoms with Crippen LogP contribution in [0.5, 0.6) is 0 Å². The second-order valence-electron chi connectivity index (χ2n) is 8.25. The number of rotatable bonds is 6. The van der Waals surface area contributed by atoms with Crippen LogP contribution in [0.15, 0.2) is 0 Å². The van der Waals surface area contributed by atoms with Crippen molar-refractivity contribution in [1.82, 2.24) is 9.21 Å². The molecule has 0 aliphatic carbocycles. The van der Waals surface area contributed by atoms with Gasteiger partial charge < -0.3 is 9.21 Å². The maximum atomic E-state index is 3.84. The summed E-state index contributed by atoms with van der Waals surface area (Å²) in [6.45, 7) is 25.6. The van der Waals surface area contributed by atoms with Crippen LogP contribution < -0.4 is 4.98 Å². The van der Waals surface area contributed by atoms with Crippen LogP contribution >= 0.6 is 0 Å². The zero-order valence-corrected chi connectivity index (χ0v) is 16.7. The van der Waals surface area contributed by atoms with Gasteiger partial charge in [-0.25, -0.2) is 0 Å². The molecule has 0 aliphatic heterocycles. The predicted octanol–water partition coefficient (Wildman–Crippen LogP) is 3.77. The Bertz CT molecular complexity index is 222. The molecule has 0 aromatic rings. The van der Waals surface area contributed by atoms with Gasteiger partial charge >= 0.3 is 0 Å². The maximum Gasteiger partial charge on any atom is 0.116 e. The second-order valence-corrected chi connectivity index (χ2v) is 23.2. The van der Waals surface area contributed by atoms with Crippen LogP contribution in [0.3, 0.4) is 0 Å². The Morgan fingerprint density at radius 1 is 0.824 bits per heavy atom. The standard InChI is InChI=1S/C12H34N2Si3/c1-12(13-15(2,3)4)11-14(16(5,6)7)17(8,9)10/h12-13H,11H2,1-10H3. The molecule has 0 spiro atoms. The zero-order chi connectivity index (χ0) is 14.1. The van der Waals surface area contributed by atoms with Gasteiger partial charge in [-0.2, -0.15) is 0 Å². The van der Waals surface area contributed by atoms with Crippen molar-refractivity contribution in [3.05, 3.63) is 0 Å². The summed E-state index contributed by atoms with van der Waals surface area (Å²) in [5, 5.41) is 0. The third-order valence-electron chi connectivity index (χ3n) is 2.76. The molecule has 0 rings (SSSR count). The number of nitrogens with one attached hydrogen (secondary N) is 1. The molecule has 0 fully saturated rings. The molecule has 0 saturated heterocycles. The van der Waals surface area contributed by atoms with E-state index in [1.807, 2.05) is 0 Å². The molecule has 0 radical (unpaired) electrons. The largest absolute Gasteiger partial charge is 0.344 e. The molecule has 1 unspecified atom stereocenters. The Morgan fingerprint density at radius 3 is 1.41 bits per heavy atom. The zero-order valence-electron chi connectivity index (χ0n) is 13.7. The van der Waals surface area contributed by atoms with Gasteiger partial charge in [0.25, 0.3) is 0 Å². The Labute approximate surface area is 112 Å². The van der Waals surface area contributed by atoms with Crippen LogP contribution in [0, 0.1) is 0 Å². The minimum absolute atomic E-state index is 0.625. The van der Waals surface area contributed by atoms with Crippen molar-refractivity contribution in [1.29, 1.82) is 0 Å². The average Bonchev–Trinajstić information content (AvgIpc) is 1.91. The van der Waals surface area contributed by atoms with Crippen molar-refractivity contribution in [3.63, 3.8) is 0 Å². The molecule has 104 valence electrons. The summed E-state index contributed by atoms with van der Waals surface area (Å²) in [4.78, 5) is 3.84. The van der Waals surface area contributed by atoms with Crippen LogP contribution in [0.25, 0.3) is 0 Å². The van der Waals surface area contributed by atoms with E-state index >= 15 is 0 Å². The molecule has 1 N–H and O–H groups in total. The Balaban J connectivity index is 4.68. The fraction of sp³-hybridized carbons (Fsp3) is 1.00. The fourth-order valence-corrected chi connectivity index (χ4v) is 13.9. The lowest BCUT2D eigenvalue weighted by Gasteiger charge is -2.45. The third-order valence-corrected chi connectivity index (χ3v) is 11.7. The minimum Gasteiger partial charge on any atom is -0.344 e. The van der Waals surface area contributed by atoms with Gasteiger partial charge in [0, 0.05) is 6.04 Å². The van der Waals surface area contributed by atoms with Crippen LogP contribution in [0.1, 0.15) is 6.92 Å². The smallest absolute Gasteiger partial charge is 0.116 e.